The van der Waals surface area contributed by atoms with E-state index in [1.165, 1.54) is 0 Å². The Bertz CT molecular complexity index is 624. The standard InChI is InChI=1S/C16H20N4O2/c1-22-14-9-15(16(17)21)19(11-14)10-12-3-5-13(6-4-12)20-8-2-7-18-20/h2-8,14-15H,9-11H2,1H3,(H2,17,21)/t14-,15-/m0/s1. The number of carbonyl (C=O) groups excluding carboxylic acids is 1. The molecule has 0 unspecified atom stereocenters. The summed E-state index contributed by atoms with van der Waals surface area (Å²) in [5.41, 5.74) is 7.65. The molecule has 2 atom stereocenters. The number of primary amides is 1. The summed E-state index contributed by atoms with van der Waals surface area (Å²) in [7, 11) is 1.67. The Balaban J connectivity index is 1.71. The Hall–Kier alpha value is -2.18. The minimum Gasteiger partial charge on any atom is -0.380 e. The van der Waals surface area contributed by atoms with Crippen molar-refractivity contribution in [2.45, 2.75) is 25.1 Å². The molecule has 0 bridgehead atoms. The maximum absolute atomic E-state index is 11.6. The van der Waals surface area contributed by atoms with Crippen LogP contribution in [0.4, 0.5) is 0 Å². The number of hydrogen-bond donors (Lipinski definition) is 1. The molecule has 1 aliphatic heterocycles. The molecule has 1 aromatic heterocycles. The first-order chi connectivity index (χ1) is 10.7. The van der Waals surface area contributed by atoms with E-state index in [4.69, 9.17) is 10.5 Å². The molecular formula is C16H20N4O2. The number of methoxy groups -OCH3 is 1. The molecule has 6 nitrogen and oxygen atoms in total. The van der Waals surface area contributed by atoms with E-state index >= 15 is 0 Å². The highest BCUT2D eigenvalue weighted by Gasteiger charge is 2.35. The van der Waals surface area contributed by atoms with Crippen LogP contribution in [0.5, 0.6) is 0 Å². The fourth-order valence-electron chi connectivity index (χ4n) is 2.91. The topological polar surface area (TPSA) is 73.4 Å². The molecule has 1 fully saturated rings. The number of carbonyl (C=O) groups is 1. The van der Waals surface area contributed by atoms with Crippen LogP contribution in [-0.4, -0.2) is 46.4 Å². The molecule has 116 valence electrons. The molecular weight excluding hydrogens is 280 g/mol. The fraction of sp³-hybridized carbons (Fsp3) is 0.375. The smallest absolute Gasteiger partial charge is 0.234 e. The maximum atomic E-state index is 11.6. The van der Waals surface area contributed by atoms with Crippen LogP contribution in [0.15, 0.2) is 42.7 Å². The van der Waals surface area contributed by atoms with Crippen molar-refractivity contribution in [3.05, 3.63) is 48.3 Å². The van der Waals surface area contributed by atoms with Crippen molar-refractivity contribution in [2.24, 2.45) is 5.73 Å². The third-order valence-electron chi connectivity index (χ3n) is 4.12. The average Bonchev–Trinajstić information content (AvgIpc) is 3.17. The summed E-state index contributed by atoms with van der Waals surface area (Å²) in [5, 5.41) is 4.20. The zero-order valence-electron chi connectivity index (χ0n) is 12.6. The highest BCUT2D eigenvalue weighted by atomic mass is 16.5. The first-order valence-corrected chi connectivity index (χ1v) is 7.32. The van der Waals surface area contributed by atoms with E-state index in [9.17, 15) is 4.79 Å². The Morgan fingerprint density at radius 1 is 1.41 bits per heavy atom. The third kappa shape index (κ3) is 3.03. The van der Waals surface area contributed by atoms with Crippen molar-refractivity contribution in [3.63, 3.8) is 0 Å². The summed E-state index contributed by atoms with van der Waals surface area (Å²) in [6, 6.07) is 9.78. The Labute approximate surface area is 129 Å². The number of nitrogens with two attached hydrogens (primary N) is 1. The summed E-state index contributed by atoms with van der Waals surface area (Å²) in [6.07, 6.45) is 4.39. The number of nitrogens with zero attached hydrogens (tertiary/aromatic N) is 3. The van der Waals surface area contributed by atoms with Crippen LogP contribution < -0.4 is 5.73 Å². The van der Waals surface area contributed by atoms with E-state index in [1.807, 2.05) is 29.1 Å². The van der Waals surface area contributed by atoms with Gasteiger partial charge in [0.2, 0.25) is 5.91 Å². The van der Waals surface area contributed by atoms with Gasteiger partial charge >= 0.3 is 0 Å². The predicted molar refractivity (Wildman–Crippen MR) is 82.4 cm³/mol. The summed E-state index contributed by atoms with van der Waals surface area (Å²) in [4.78, 5) is 13.7. The number of rotatable bonds is 5. The summed E-state index contributed by atoms with van der Waals surface area (Å²) in [5.74, 6) is -0.285. The number of aromatic nitrogens is 2. The van der Waals surface area contributed by atoms with Crippen LogP contribution >= 0.6 is 0 Å². The van der Waals surface area contributed by atoms with Crippen LogP contribution in [0, 0.1) is 0 Å². The summed E-state index contributed by atoms with van der Waals surface area (Å²) < 4.78 is 7.18. The molecule has 1 aliphatic rings. The molecule has 2 aromatic rings. The minimum atomic E-state index is -0.285. The first-order valence-electron chi connectivity index (χ1n) is 7.32. The van der Waals surface area contributed by atoms with Gasteiger partial charge in [0, 0.05) is 32.6 Å². The maximum Gasteiger partial charge on any atom is 0.234 e. The molecule has 1 amide bonds. The van der Waals surface area contributed by atoms with Gasteiger partial charge in [0.05, 0.1) is 17.8 Å². The van der Waals surface area contributed by atoms with E-state index in [-0.39, 0.29) is 18.1 Å². The lowest BCUT2D eigenvalue weighted by molar-refractivity contribution is -0.122. The largest absolute Gasteiger partial charge is 0.380 e. The van der Waals surface area contributed by atoms with Crippen LogP contribution in [0.1, 0.15) is 12.0 Å². The lowest BCUT2D eigenvalue weighted by Crippen LogP contribution is -2.39. The molecule has 1 aromatic carbocycles. The molecule has 0 aliphatic carbocycles. The molecule has 0 saturated carbocycles. The van der Waals surface area contributed by atoms with E-state index in [2.05, 4.69) is 22.1 Å². The molecule has 0 spiro atoms. The van der Waals surface area contributed by atoms with Crippen molar-refractivity contribution in [3.8, 4) is 5.69 Å². The Kier molecular flexibility index (Phi) is 4.22. The lowest BCUT2D eigenvalue weighted by Gasteiger charge is -2.21. The average molecular weight is 300 g/mol. The van der Waals surface area contributed by atoms with E-state index in [0.29, 0.717) is 13.0 Å². The number of ether oxygens (including phenoxy) is 1. The number of amides is 1. The lowest BCUT2D eigenvalue weighted by atomic mass is 10.1. The second-order valence-electron chi connectivity index (χ2n) is 5.56. The van der Waals surface area contributed by atoms with Crippen molar-refractivity contribution >= 4 is 5.91 Å². The molecule has 1 saturated heterocycles. The molecule has 2 heterocycles. The zero-order chi connectivity index (χ0) is 15.5. The van der Waals surface area contributed by atoms with Crippen LogP contribution in [-0.2, 0) is 16.1 Å². The van der Waals surface area contributed by atoms with Crippen LogP contribution in [0.3, 0.4) is 0 Å². The molecule has 2 N–H and O–H groups in total. The molecule has 6 heteroatoms. The number of hydrogen-bond acceptors (Lipinski definition) is 4. The second kappa shape index (κ2) is 6.29. The highest BCUT2D eigenvalue weighted by molar-refractivity contribution is 5.80. The summed E-state index contributed by atoms with van der Waals surface area (Å²) >= 11 is 0. The quantitative estimate of drug-likeness (QED) is 0.892. The predicted octanol–water partition coefficient (Wildman–Crippen LogP) is 0.947. The van der Waals surface area contributed by atoms with Crippen LogP contribution in [0.2, 0.25) is 0 Å². The normalized spacial score (nSPS) is 22.0. The van der Waals surface area contributed by atoms with Gasteiger partial charge in [-0.2, -0.15) is 5.10 Å². The van der Waals surface area contributed by atoms with Crippen molar-refractivity contribution < 1.29 is 9.53 Å². The van der Waals surface area contributed by atoms with E-state index in [0.717, 1.165) is 17.8 Å². The van der Waals surface area contributed by atoms with E-state index in [1.54, 1.807) is 13.3 Å². The van der Waals surface area contributed by atoms with Gasteiger partial charge in [-0.05, 0) is 30.2 Å². The SMILES string of the molecule is CO[C@H]1C[C@@H](C(N)=O)N(Cc2ccc(-n3cccn3)cc2)C1. The molecule has 22 heavy (non-hydrogen) atoms. The van der Waals surface area contributed by atoms with Crippen molar-refractivity contribution in [1.82, 2.24) is 14.7 Å². The zero-order valence-corrected chi connectivity index (χ0v) is 12.6. The Morgan fingerprint density at radius 3 is 2.77 bits per heavy atom. The second-order valence-corrected chi connectivity index (χ2v) is 5.56. The Morgan fingerprint density at radius 2 is 2.18 bits per heavy atom. The van der Waals surface area contributed by atoms with Gasteiger partial charge in [-0.15, -0.1) is 0 Å². The molecule has 3 rings (SSSR count). The van der Waals surface area contributed by atoms with Gasteiger partial charge < -0.3 is 10.5 Å². The van der Waals surface area contributed by atoms with Gasteiger partial charge in [0.15, 0.2) is 0 Å². The van der Waals surface area contributed by atoms with Gasteiger partial charge in [-0.3, -0.25) is 9.69 Å². The van der Waals surface area contributed by atoms with Crippen LogP contribution in [0.25, 0.3) is 5.69 Å². The number of benzene rings is 1. The third-order valence-corrected chi connectivity index (χ3v) is 4.12. The summed E-state index contributed by atoms with van der Waals surface area (Å²) in [6.45, 7) is 1.41. The van der Waals surface area contributed by atoms with Gasteiger partial charge in [0.1, 0.15) is 0 Å². The van der Waals surface area contributed by atoms with E-state index < -0.39 is 0 Å². The molecule has 0 radical (unpaired) electrons. The monoisotopic (exact) mass is 300 g/mol. The van der Waals surface area contributed by atoms with Gasteiger partial charge in [-0.1, -0.05) is 12.1 Å². The van der Waals surface area contributed by atoms with Crippen molar-refractivity contribution in [2.75, 3.05) is 13.7 Å². The van der Waals surface area contributed by atoms with Gasteiger partial charge in [-0.25, -0.2) is 4.68 Å². The van der Waals surface area contributed by atoms with Crippen molar-refractivity contribution in [1.29, 1.82) is 0 Å². The fourth-order valence-corrected chi connectivity index (χ4v) is 2.91. The highest BCUT2D eigenvalue weighted by Crippen LogP contribution is 2.22. The minimum absolute atomic E-state index is 0.0702. The first kappa shape index (κ1) is 14.7. The number of likely N-dealkylation sites (tertiary alicyclic amines) is 1. The van der Waals surface area contributed by atoms with Gasteiger partial charge in [0.25, 0.3) is 0 Å².